The van der Waals surface area contributed by atoms with Gasteiger partial charge in [0.25, 0.3) is 0 Å². The predicted molar refractivity (Wildman–Crippen MR) is 80.2 cm³/mol. The number of hydrogen-bond donors (Lipinski definition) is 1. The van der Waals surface area contributed by atoms with Crippen molar-refractivity contribution < 1.29 is 13.2 Å². The molecule has 0 aliphatic carbocycles. The van der Waals surface area contributed by atoms with Crippen molar-refractivity contribution in [3.05, 3.63) is 35.1 Å². The molecular weight excluding hydrogens is 301 g/mol. The van der Waals surface area contributed by atoms with Crippen LogP contribution in [-0.4, -0.2) is 31.1 Å². The molecular formula is C15H22ClF3N2. The van der Waals surface area contributed by atoms with E-state index in [1.54, 1.807) is 0 Å². The zero-order valence-corrected chi connectivity index (χ0v) is 13.2. The monoisotopic (exact) mass is 322 g/mol. The highest BCUT2D eigenvalue weighted by Crippen LogP contribution is 2.31. The molecule has 1 N–H and O–H groups in total. The molecule has 0 amide bonds. The van der Waals surface area contributed by atoms with Gasteiger partial charge in [-0.3, -0.25) is 4.90 Å². The molecule has 0 saturated carbocycles. The molecule has 1 aromatic carbocycles. The van der Waals surface area contributed by atoms with Crippen molar-refractivity contribution in [1.29, 1.82) is 0 Å². The summed E-state index contributed by atoms with van der Waals surface area (Å²) in [6.07, 6.45) is 0.680. The lowest BCUT2D eigenvalue weighted by Gasteiger charge is -2.36. The first kappa shape index (κ1) is 18.3. The van der Waals surface area contributed by atoms with Gasteiger partial charge in [0, 0.05) is 43.9 Å². The number of hydrogen-bond acceptors (Lipinski definition) is 2. The third kappa shape index (κ3) is 4.59. The van der Waals surface area contributed by atoms with Crippen molar-refractivity contribution >= 4 is 12.4 Å². The van der Waals surface area contributed by atoms with Gasteiger partial charge in [-0.15, -0.1) is 12.4 Å². The highest BCUT2D eigenvalue weighted by Gasteiger charge is 2.27. The SMILES string of the molecule is CC(C)C[C@H](c1cc(F)cc(F)c1F)N1CCNCC1.Cl. The van der Waals surface area contributed by atoms with Crippen LogP contribution in [0.3, 0.4) is 0 Å². The van der Waals surface area contributed by atoms with Gasteiger partial charge in [-0.1, -0.05) is 13.8 Å². The quantitative estimate of drug-likeness (QED) is 0.853. The highest BCUT2D eigenvalue weighted by atomic mass is 35.5. The fourth-order valence-electron chi connectivity index (χ4n) is 2.73. The summed E-state index contributed by atoms with van der Waals surface area (Å²) < 4.78 is 40.9. The van der Waals surface area contributed by atoms with Gasteiger partial charge in [-0.05, 0) is 18.4 Å². The molecule has 1 aromatic rings. The van der Waals surface area contributed by atoms with Crippen LogP contribution in [0.25, 0.3) is 0 Å². The van der Waals surface area contributed by atoms with Crippen LogP contribution in [0.5, 0.6) is 0 Å². The van der Waals surface area contributed by atoms with E-state index in [-0.39, 0.29) is 24.0 Å². The Hall–Kier alpha value is -0.780. The number of nitrogens with one attached hydrogen (secondary N) is 1. The van der Waals surface area contributed by atoms with E-state index in [1.165, 1.54) is 0 Å². The normalized spacial score (nSPS) is 17.6. The lowest BCUT2D eigenvalue weighted by atomic mass is 9.94. The number of nitrogens with zero attached hydrogens (tertiary/aromatic N) is 1. The second-order valence-electron chi connectivity index (χ2n) is 5.72. The largest absolute Gasteiger partial charge is 0.314 e. The predicted octanol–water partition coefficient (Wildman–Crippen LogP) is 3.52. The Balaban J connectivity index is 0.00000220. The van der Waals surface area contributed by atoms with Crippen LogP contribution in [0.2, 0.25) is 0 Å². The van der Waals surface area contributed by atoms with Crippen LogP contribution in [0.15, 0.2) is 12.1 Å². The summed E-state index contributed by atoms with van der Waals surface area (Å²) in [4.78, 5) is 2.10. The Morgan fingerprint density at radius 3 is 2.33 bits per heavy atom. The minimum absolute atomic E-state index is 0. The van der Waals surface area contributed by atoms with Crippen LogP contribution >= 0.6 is 12.4 Å². The molecule has 0 radical (unpaired) electrons. The first-order valence-corrected chi connectivity index (χ1v) is 7.08. The molecule has 120 valence electrons. The average molecular weight is 323 g/mol. The van der Waals surface area contributed by atoms with E-state index >= 15 is 0 Å². The summed E-state index contributed by atoms with van der Waals surface area (Å²) in [6.45, 7) is 7.21. The molecule has 0 unspecified atom stereocenters. The minimum Gasteiger partial charge on any atom is -0.314 e. The van der Waals surface area contributed by atoms with E-state index in [1.807, 2.05) is 13.8 Å². The van der Waals surface area contributed by atoms with Gasteiger partial charge >= 0.3 is 0 Å². The summed E-state index contributed by atoms with van der Waals surface area (Å²) in [5, 5.41) is 3.23. The van der Waals surface area contributed by atoms with E-state index in [2.05, 4.69) is 10.2 Å². The number of rotatable bonds is 4. The third-order valence-electron chi connectivity index (χ3n) is 3.67. The number of piperazine rings is 1. The fourth-order valence-corrected chi connectivity index (χ4v) is 2.73. The Labute approximate surface area is 130 Å². The van der Waals surface area contributed by atoms with E-state index in [0.717, 1.165) is 32.2 Å². The van der Waals surface area contributed by atoms with Gasteiger partial charge in [0.05, 0.1) is 0 Å². The van der Waals surface area contributed by atoms with Gasteiger partial charge in [0.15, 0.2) is 11.6 Å². The smallest absolute Gasteiger partial charge is 0.163 e. The average Bonchev–Trinajstić information content (AvgIpc) is 2.41. The van der Waals surface area contributed by atoms with Crippen LogP contribution in [0.1, 0.15) is 31.9 Å². The Morgan fingerprint density at radius 1 is 1.14 bits per heavy atom. The topological polar surface area (TPSA) is 15.3 Å². The first-order valence-electron chi connectivity index (χ1n) is 7.08. The summed E-state index contributed by atoms with van der Waals surface area (Å²) in [6, 6.07) is 1.46. The van der Waals surface area contributed by atoms with E-state index < -0.39 is 17.5 Å². The highest BCUT2D eigenvalue weighted by molar-refractivity contribution is 5.85. The maximum absolute atomic E-state index is 14.1. The molecule has 1 saturated heterocycles. The van der Waals surface area contributed by atoms with Crippen molar-refractivity contribution in [2.75, 3.05) is 26.2 Å². The van der Waals surface area contributed by atoms with Crippen LogP contribution in [0, 0.1) is 23.4 Å². The van der Waals surface area contributed by atoms with E-state index in [4.69, 9.17) is 0 Å². The van der Waals surface area contributed by atoms with E-state index in [0.29, 0.717) is 18.4 Å². The summed E-state index contributed by atoms with van der Waals surface area (Å²) >= 11 is 0. The molecule has 1 atom stereocenters. The molecule has 1 heterocycles. The summed E-state index contributed by atoms with van der Waals surface area (Å²) in [7, 11) is 0. The molecule has 0 aromatic heterocycles. The fraction of sp³-hybridized carbons (Fsp3) is 0.600. The second-order valence-corrected chi connectivity index (χ2v) is 5.72. The number of halogens is 4. The minimum atomic E-state index is -1.11. The van der Waals surface area contributed by atoms with Gasteiger partial charge < -0.3 is 5.32 Å². The first-order chi connectivity index (χ1) is 9.49. The Morgan fingerprint density at radius 2 is 1.76 bits per heavy atom. The zero-order valence-electron chi connectivity index (χ0n) is 12.3. The van der Waals surface area contributed by atoms with Crippen LogP contribution in [-0.2, 0) is 0 Å². The van der Waals surface area contributed by atoms with Gasteiger partial charge in [-0.2, -0.15) is 0 Å². The molecule has 1 aliphatic rings. The van der Waals surface area contributed by atoms with Crippen molar-refractivity contribution in [3.63, 3.8) is 0 Å². The molecule has 21 heavy (non-hydrogen) atoms. The molecule has 2 rings (SSSR count). The van der Waals surface area contributed by atoms with Gasteiger partial charge in [-0.25, -0.2) is 13.2 Å². The van der Waals surface area contributed by atoms with Gasteiger partial charge in [0.1, 0.15) is 5.82 Å². The molecule has 0 spiro atoms. The molecule has 6 heteroatoms. The Kier molecular flexibility index (Phi) is 6.97. The van der Waals surface area contributed by atoms with Crippen LogP contribution in [0.4, 0.5) is 13.2 Å². The zero-order chi connectivity index (χ0) is 14.7. The molecule has 1 aliphatic heterocycles. The summed E-state index contributed by atoms with van der Waals surface area (Å²) in [5.41, 5.74) is 0.137. The van der Waals surface area contributed by atoms with Crippen molar-refractivity contribution in [2.45, 2.75) is 26.3 Å². The van der Waals surface area contributed by atoms with E-state index in [9.17, 15) is 13.2 Å². The number of benzene rings is 1. The van der Waals surface area contributed by atoms with Gasteiger partial charge in [0.2, 0.25) is 0 Å². The van der Waals surface area contributed by atoms with Crippen molar-refractivity contribution in [1.82, 2.24) is 10.2 Å². The Bertz CT molecular complexity index is 462. The molecule has 2 nitrogen and oxygen atoms in total. The maximum atomic E-state index is 14.1. The molecule has 0 bridgehead atoms. The lowest BCUT2D eigenvalue weighted by Crippen LogP contribution is -2.45. The lowest BCUT2D eigenvalue weighted by molar-refractivity contribution is 0.150. The van der Waals surface area contributed by atoms with Crippen LogP contribution < -0.4 is 5.32 Å². The van der Waals surface area contributed by atoms with Crippen molar-refractivity contribution in [2.24, 2.45) is 5.92 Å². The molecule has 1 fully saturated rings. The maximum Gasteiger partial charge on any atom is 0.163 e. The standard InChI is InChI=1S/C15H21F3N2.ClH/c1-10(2)7-14(20-5-3-19-4-6-20)12-8-11(16)9-13(17)15(12)18;/h8-10,14,19H,3-7H2,1-2H3;1H/t14-;/m1./s1. The summed E-state index contributed by atoms with van der Waals surface area (Å²) in [5.74, 6) is -2.43. The third-order valence-corrected chi connectivity index (χ3v) is 3.67. The second kappa shape index (κ2) is 8.01. The van der Waals surface area contributed by atoms with Crippen molar-refractivity contribution in [3.8, 4) is 0 Å².